The molecule has 2 aromatic rings. The highest BCUT2D eigenvalue weighted by Gasteiger charge is 2.43. The van der Waals surface area contributed by atoms with Crippen molar-refractivity contribution in [3.63, 3.8) is 0 Å². The summed E-state index contributed by atoms with van der Waals surface area (Å²) in [7, 11) is -4.13. The third-order valence-corrected chi connectivity index (χ3v) is 5.97. The Morgan fingerprint density at radius 2 is 1.65 bits per heavy atom. The van der Waals surface area contributed by atoms with Crippen molar-refractivity contribution < 1.29 is 26.7 Å². The van der Waals surface area contributed by atoms with E-state index in [9.17, 15) is 22.0 Å². The number of sulfonamides is 1. The van der Waals surface area contributed by atoms with Crippen molar-refractivity contribution >= 4 is 32.4 Å². The van der Waals surface area contributed by atoms with Gasteiger partial charge in [0.25, 0.3) is 15.9 Å². The summed E-state index contributed by atoms with van der Waals surface area (Å²) in [6, 6.07) is 13.4. The number of hydrogen-bond acceptors (Lipinski definition) is 4. The van der Waals surface area contributed by atoms with E-state index in [1.165, 1.54) is 24.3 Å². The van der Waals surface area contributed by atoms with Crippen LogP contribution in [0.25, 0.3) is 4.91 Å². The van der Waals surface area contributed by atoms with Crippen LogP contribution >= 0.6 is 11.6 Å². The summed E-state index contributed by atoms with van der Waals surface area (Å²) < 4.78 is 54.8. The number of hydrogen-bond donors (Lipinski definition) is 0. The van der Waals surface area contributed by atoms with Crippen molar-refractivity contribution in [2.45, 2.75) is 13.2 Å². The van der Waals surface area contributed by atoms with Crippen LogP contribution in [0, 0.1) is 0 Å². The first-order chi connectivity index (χ1) is 12.3. The second-order valence-electron chi connectivity index (χ2n) is 5.35. The Morgan fingerprint density at radius 1 is 1.04 bits per heavy atom. The van der Waals surface area contributed by atoms with Gasteiger partial charge in [0, 0.05) is 0 Å². The Bertz CT molecular complexity index is 960. The maximum Gasteiger partial charge on any atom is 0.387 e. The molecule has 0 bridgehead atoms. The summed E-state index contributed by atoms with van der Waals surface area (Å²) in [4.78, 5) is 12.1. The molecule has 0 aromatic heterocycles. The third-order valence-electron chi connectivity index (χ3n) is 3.67. The van der Waals surface area contributed by atoms with Gasteiger partial charge < -0.3 is 4.74 Å². The number of ether oxygens (including phenoxy) is 1. The molecule has 26 heavy (non-hydrogen) atoms. The second kappa shape index (κ2) is 7.05. The van der Waals surface area contributed by atoms with E-state index in [4.69, 9.17) is 11.6 Å². The van der Waals surface area contributed by atoms with Gasteiger partial charge in [-0.2, -0.15) is 8.78 Å². The van der Waals surface area contributed by atoms with Crippen LogP contribution in [0.1, 0.15) is 11.1 Å². The number of carbonyl (C=O) groups is 1. The predicted octanol–water partition coefficient (Wildman–Crippen LogP) is 3.57. The minimum absolute atomic E-state index is 0.0690. The molecule has 0 N–H and O–H groups in total. The van der Waals surface area contributed by atoms with E-state index in [1.54, 1.807) is 30.3 Å². The number of amides is 1. The fourth-order valence-electron chi connectivity index (χ4n) is 2.50. The molecule has 0 spiro atoms. The SMILES string of the molecule is O=C1C(Cl)=C(c2ccccc2)S(=O)(=O)N1Cc1ccc(OC(F)F)cc1. The number of carbonyl (C=O) groups excluding carboxylic acids is 1. The lowest BCUT2D eigenvalue weighted by molar-refractivity contribution is -0.121. The molecule has 1 aliphatic rings. The van der Waals surface area contributed by atoms with Crippen LogP contribution in [0.15, 0.2) is 59.6 Å². The van der Waals surface area contributed by atoms with Gasteiger partial charge in [-0.05, 0) is 23.3 Å². The lowest BCUT2D eigenvalue weighted by atomic mass is 10.2. The van der Waals surface area contributed by atoms with Crippen LogP contribution in [0.4, 0.5) is 8.78 Å². The lowest BCUT2D eigenvalue weighted by Gasteiger charge is -2.17. The number of halogens is 3. The first kappa shape index (κ1) is 18.3. The molecule has 1 aliphatic heterocycles. The molecular weight excluding hydrogens is 388 g/mol. The van der Waals surface area contributed by atoms with Gasteiger partial charge in [-0.1, -0.05) is 54.1 Å². The standard InChI is InChI=1S/C17H12ClF2NO4S/c18-14-15(12-4-2-1-3-5-12)26(23,24)21(16(14)22)10-11-6-8-13(9-7-11)25-17(19)20/h1-9,17H,10H2. The molecule has 9 heteroatoms. The summed E-state index contributed by atoms with van der Waals surface area (Å²) in [5.41, 5.74) is 0.733. The highest BCUT2D eigenvalue weighted by atomic mass is 35.5. The average Bonchev–Trinajstić information content (AvgIpc) is 2.76. The lowest BCUT2D eigenvalue weighted by Crippen LogP contribution is -2.30. The molecule has 136 valence electrons. The summed E-state index contributed by atoms with van der Waals surface area (Å²) in [6.45, 7) is -3.24. The Morgan fingerprint density at radius 3 is 2.23 bits per heavy atom. The van der Waals surface area contributed by atoms with E-state index in [2.05, 4.69) is 4.74 Å². The van der Waals surface area contributed by atoms with Gasteiger partial charge in [-0.15, -0.1) is 0 Å². The maximum atomic E-state index is 12.8. The zero-order valence-corrected chi connectivity index (χ0v) is 14.7. The van der Waals surface area contributed by atoms with Crippen LogP contribution < -0.4 is 4.74 Å². The molecular formula is C17H12ClF2NO4S. The van der Waals surface area contributed by atoms with E-state index >= 15 is 0 Å². The largest absolute Gasteiger partial charge is 0.435 e. The number of alkyl halides is 2. The zero-order valence-electron chi connectivity index (χ0n) is 13.1. The number of rotatable bonds is 5. The Labute approximate surface area is 153 Å². The van der Waals surface area contributed by atoms with E-state index in [-0.39, 0.29) is 22.2 Å². The van der Waals surface area contributed by atoms with Gasteiger partial charge in [0.05, 0.1) is 6.54 Å². The van der Waals surface area contributed by atoms with Gasteiger partial charge in [0.2, 0.25) is 0 Å². The molecule has 0 saturated carbocycles. The molecule has 3 rings (SSSR count). The van der Waals surface area contributed by atoms with Gasteiger partial charge in [-0.3, -0.25) is 4.79 Å². The normalized spacial score (nSPS) is 16.5. The molecule has 0 atom stereocenters. The first-order valence-corrected chi connectivity index (χ1v) is 9.18. The molecule has 1 amide bonds. The zero-order chi connectivity index (χ0) is 18.9. The van der Waals surface area contributed by atoms with Crippen molar-refractivity contribution in [1.29, 1.82) is 0 Å². The van der Waals surface area contributed by atoms with E-state index < -0.39 is 22.5 Å². The maximum absolute atomic E-state index is 12.8. The molecule has 0 saturated heterocycles. The topological polar surface area (TPSA) is 63.7 Å². The van der Waals surface area contributed by atoms with E-state index in [1.807, 2.05) is 0 Å². The van der Waals surface area contributed by atoms with Crippen molar-refractivity contribution in [3.8, 4) is 5.75 Å². The van der Waals surface area contributed by atoms with Crippen molar-refractivity contribution in [2.24, 2.45) is 0 Å². The monoisotopic (exact) mass is 399 g/mol. The van der Waals surface area contributed by atoms with Crippen LogP contribution in [-0.2, 0) is 21.4 Å². The molecule has 0 fully saturated rings. The van der Waals surface area contributed by atoms with Gasteiger partial charge >= 0.3 is 6.61 Å². The summed E-state index contributed by atoms with van der Waals surface area (Å²) in [6.07, 6.45) is 0. The quantitative estimate of drug-likeness (QED) is 0.771. The Kier molecular flexibility index (Phi) is 4.97. The smallest absolute Gasteiger partial charge is 0.387 e. The molecule has 2 aromatic carbocycles. The first-order valence-electron chi connectivity index (χ1n) is 7.36. The van der Waals surface area contributed by atoms with E-state index in [0.717, 1.165) is 0 Å². The predicted molar refractivity (Wildman–Crippen MR) is 91.8 cm³/mol. The third kappa shape index (κ3) is 3.42. The number of nitrogens with zero attached hydrogens (tertiary/aromatic N) is 1. The fraction of sp³-hybridized carbons (Fsp3) is 0.118. The van der Waals surface area contributed by atoms with Crippen molar-refractivity contribution in [1.82, 2.24) is 4.31 Å². The second-order valence-corrected chi connectivity index (χ2v) is 7.53. The van der Waals surface area contributed by atoms with Crippen LogP contribution in [0.3, 0.4) is 0 Å². The highest BCUT2D eigenvalue weighted by Crippen LogP contribution is 2.38. The van der Waals surface area contributed by atoms with Crippen LogP contribution in [-0.4, -0.2) is 25.2 Å². The minimum atomic E-state index is -4.13. The molecule has 5 nitrogen and oxygen atoms in total. The molecule has 0 radical (unpaired) electrons. The average molecular weight is 400 g/mol. The highest BCUT2D eigenvalue weighted by molar-refractivity contribution is 7.99. The van der Waals surface area contributed by atoms with Crippen LogP contribution in [0.2, 0.25) is 0 Å². The molecule has 0 aliphatic carbocycles. The summed E-state index contributed by atoms with van der Waals surface area (Å²) >= 11 is 6.00. The molecule has 0 unspecified atom stereocenters. The Balaban J connectivity index is 1.87. The van der Waals surface area contributed by atoms with Crippen molar-refractivity contribution in [3.05, 3.63) is 70.8 Å². The minimum Gasteiger partial charge on any atom is -0.435 e. The summed E-state index contributed by atoms with van der Waals surface area (Å²) in [5, 5.41) is -0.381. The van der Waals surface area contributed by atoms with Gasteiger partial charge in [0.15, 0.2) is 0 Å². The van der Waals surface area contributed by atoms with Gasteiger partial charge in [-0.25, -0.2) is 12.7 Å². The fourth-order valence-corrected chi connectivity index (χ4v) is 4.65. The van der Waals surface area contributed by atoms with Gasteiger partial charge in [0.1, 0.15) is 15.7 Å². The van der Waals surface area contributed by atoms with Crippen LogP contribution in [0.5, 0.6) is 5.75 Å². The Hall–Kier alpha value is -2.45. The number of benzene rings is 2. The molecule has 1 heterocycles. The van der Waals surface area contributed by atoms with E-state index in [0.29, 0.717) is 15.4 Å². The van der Waals surface area contributed by atoms with Crippen molar-refractivity contribution in [2.75, 3.05) is 0 Å². The summed E-state index contributed by atoms with van der Waals surface area (Å²) in [5.74, 6) is -0.904.